The van der Waals surface area contributed by atoms with Crippen molar-refractivity contribution in [2.75, 3.05) is 7.11 Å². The molecule has 0 spiro atoms. The fourth-order valence-corrected chi connectivity index (χ4v) is 1.24. The van der Waals surface area contributed by atoms with Gasteiger partial charge < -0.3 is 9.26 Å². The van der Waals surface area contributed by atoms with Gasteiger partial charge in [-0.05, 0) is 24.3 Å². The van der Waals surface area contributed by atoms with E-state index in [1.54, 1.807) is 7.11 Å². The summed E-state index contributed by atoms with van der Waals surface area (Å²) in [4.78, 5) is 8.50. The van der Waals surface area contributed by atoms with E-state index in [2.05, 4.69) is 15.0 Å². The van der Waals surface area contributed by atoms with E-state index in [1.165, 1.54) is 0 Å². The largest absolute Gasteiger partial charge is 0.497 e. The van der Waals surface area contributed by atoms with E-state index in [0.29, 0.717) is 11.7 Å². The fraction of sp³-hybridized carbons (Fsp3) is 0.200. The Labute approximate surface area is 91.9 Å². The summed E-state index contributed by atoms with van der Waals surface area (Å²) in [6.07, 6.45) is 0. The van der Waals surface area contributed by atoms with E-state index in [-0.39, 0.29) is 6.61 Å². The van der Waals surface area contributed by atoms with Gasteiger partial charge in [0.1, 0.15) is 12.4 Å². The highest BCUT2D eigenvalue weighted by molar-refractivity contribution is 5.55. The smallest absolute Gasteiger partial charge is 0.255 e. The Balaban J connectivity index is 2.21. The number of rotatable bonds is 4. The molecule has 0 radical (unpaired) electrons. The Bertz CT molecular complexity index is 453. The number of hydrogen-bond donors (Lipinski definition) is 1. The molecular weight excluding hydrogens is 210 g/mol. The molecule has 0 aliphatic heterocycles. The number of nitrogens with zero attached hydrogens (tertiary/aromatic N) is 2. The van der Waals surface area contributed by atoms with E-state index in [0.717, 1.165) is 11.3 Å². The second-order valence-electron chi connectivity index (χ2n) is 3.05. The van der Waals surface area contributed by atoms with Crippen molar-refractivity contribution in [3.8, 4) is 17.1 Å². The summed E-state index contributed by atoms with van der Waals surface area (Å²) in [5.74, 6) is 6.51. The normalized spacial score (nSPS) is 10.4. The van der Waals surface area contributed by atoms with E-state index in [9.17, 15) is 0 Å². The van der Waals surface area contributed by atoms with Gasteiger partial charge in [-0.1, -0.05) is 5.16 Å². The summed E-state index contributed by atoms with van der Waals surface area (Å²) in [6.45, 7) is 0.100. The van der Waals surface area contributed by atoms with Gasteiger partial charge in [0, 0.05) is 5.56 Å². The van der Waals surface area contributed by atoms with Crippen LogP contribution in [0.5, 0.6) is 5.75 Å². The lowest BCUT2D eigenvalue weighted by Crippen LogP contribution is -1.98. The second kappa shape index (κ2) is 4.73. The molecule has 2 rings (SSSR count). The highest BCUT2D eigenvalue weighted by Gasteiger charge is 2.08. The van der Waals surface area contributed by atoms with Crippen molar-refractivity contribution in [3.63, 3.8) is 0 Å². The third kappa shape index (κ3) is 2.18. The zero-order valence-electron chi connectivity index (χ0n) is 8.71. The molecule has 0 amide bonds. The second-order valence-corrected chi connectivity index (χ2v) is 3.05. The first-order valence-corrected chi connectivity index (χ1v) is 4.62. The minimum absolute atomic E-state index is 0.100. The van der Waals surface area contributed by atoms with Crippen molar-refractivity contribution in [1.82, 2.24) is 10.1 Å². The maximum absolute atomic E-state index is 5.05. The van der Waals surface area contributed by atoms with Crippen LogP contribution in [0.2, 0.25) is 0 Å². The molecular formula is C10H11N3O3. The summed E-state index contributed by atoms with van der Waals surface area (Å²) in [6, 6.07) is 7.34. The summed E-state index contributed by atoms with van der Waals surface area (Å²) in [5.41, 5.74) is 0.841. The minimum atomic E-state index is 0.100. The van der Waals surface area contributed by atoms with Crippen LogP contribution in [0.1, 0.15) is 5.89 Å². The number of hydrogen-bond acceptors (Lipinski definition) is 6. The predicted octanol–water partition coefficient (Wildman–Crippen LogP) is 1.14. The SMILES string of the molecule is COc1ccc(-c2noc(CON)n2)cc1. The molecule has 0 saturated heterocycles. The van der Waals surface area contributed by atoms with Crippen molar-refractivity contribution in [3.05, 3.63) is 30.2 Å². The molecule has 16 heavy (non-hydrogen) atoms. The Morgan fingerprint density at radius 1 is 1.31 bits per heavy atom. The van der Waals surface area contributed by atoms with Gasteiger partial charge in [-0.25, -0.2) is 5.90 Å². The predicted molar refractivity (Wildman–Crippen MR) is 55.3 cm³/mol. The molecule has 1 aromatic heterocycles. The van der Waals surface area contributed by atoms with Crippen LogP contribution >= 0.6 is 0 Å². The molecule has 6 heteroatoms. The standard InChI is InChI=1S/C10H11N3O3/c1-14-8-4-2-7(3-5-8)10-12-9(6-15-11)16-13-10/h2-5H,6,11H2,1H3. The van der Waals surface area contributed by atoms with Gasteiger partial charge in [0.25, 0.3) is 5.89 Å². The average molecular weight is 221 g/mol. The molecule has 0 saturated carbocycles. The first-order valence-electron chi connectivity index (χ1n) is 4.62. The molecule has 2 N–H and O–H groups in total. The molecule has 2 aromatic rings. The fourth-order valence-electron chi connectivity index (χ4n) is 1.24. The molecule has 0 unspecified atom stereocenters. The maximum Gasteiger partial charge on any atom is 0.255 e. The molecule has 0 atom stereocenters. The third-order valence-electron chi connectivity index (χ3n) is 2.02. The highest BCUT2D eigenvalue weighted by Crippen LogP contribution is 2.19. The minimum Gasteiger partial charge on any atom is -0.497 e. The lowest BCUT2D eigenvalue weighted by Gasteiger charge is -1.98. The highest BCUT2D eigenvalue weighted by atomic mass is 16.6. The summed E-state index contributed by atoms with van der Waals surface area (Å²) < 4.78 is 9.97. The molecule has 6 nitrogen and oxygen atoms in total. The molecule has 1 heterocycles. The molecule has 0 aliphatic carbocycles. The average Bonchev–Trinajstić information content (AvgIpc) is 2.78. The van der Waals surface area contributed by atoms with Crippen LogP contribution in [0.25, 0.3) is 11.4 Å². The van der Waals surface area contributed by atoms with Crippen LogP contribution in [0.4, 0.5) is 0 Å². The van der Waals surface area contributed by atoms with Crippen molar-refractivity contribution < 1.29 is 14.1 Å². The summed E-state index contributed by atoms with van der Waals surface area (Å²) in [7, 11) is 1.61. The van der Waals surface area contributed by atoms with Crippen LogP contribution in [-0.2, 0) is 11.4 Å². The van der Waals surface area contributed by atoms with E-state index in [4.69, 9.17) is 15.2 Å². The van der Waals surface area contributed by atoms with E-state index in [1.807, 2.05) is 24.3 Å². The quantitative estimate of drug-likeness (QED) is 0.779. The van der Waals surface area contributed by atoms with Crippen LogP contribution in [0, 0.1) is 0 Å². The van der Waals surface area contributed by atoms with Crippen molar-refractivity contribution in [2.45, 2.75) is 6.61 Å². The van der Waals surface area contributed by atoms with Crippen LogP contribution in [0.15, 0.2) is 28.8 Å². The maximum atomic E-state index is 5.05. The number of methoxy groups -OCH3 is 1. The number of aromatic nitrogens is 2. The van der Waals surface area contributed by atoms with Gasteiger partial charge in [-0.3, -0.25) is 4.84 Å². The number of nitrogens with two attached hydrogens (primary N) is 1. The van der Waals surface area contributed by atoms with Gasteiger partial charge in [0.05, 0.1) is 7.11 Å². The topological polar surface area (TPSA) is 83.4 Å². The van der Waals surface area contributed by atoms with Gasteiger partial charge >= 0.3 is 0 Å². The summed E-state index contributed by atoms with van der Waals surface area (Å²) >= 11 is 0. The lowest BCUT2D eigenvalue weighted by atomic mass is 10.2. The molecule has 1 aromatic carbocycles. The summed E-state index contributed by atoms with van der Waals surface area (Å²) in [5, 5.41) is 3.80. The first-order chi connectivity index (χ1) is 7.83. The van der Waals surface area contributed by atoms with Gasteiger partial charge in [0.15, 0.2) is 0 Å². The Hall–Kier alpha value is -1.92. The van der Waals surface area contributed by atoms with Crippen LogP contribution in [0.3, 0.4) is 0 Å². The van der Waals surface area contributed by atoms with E-state index < -0.39 is 0 Å². The van der Waals surface area contributed by atoms with Crippen molar-refractivity contribution in [2.24, 2.45) is 5.90 Å². The lowest BCUT2D eigenvalue weighted by molar-refractivity contribution is 0.0996. The number of ether oxygens (including phenoxy) is 1. The third-order valence-corrected chi connectivity index (χ3v) is 2.02. The molecule has 0 fully saturated rings. The van der Waals surface area contributed by atoms with Gasteiger partial charge in [-0.15, -0.1) is 0 Å². The molecule has 84 valence electrons. The molecule has 0 bridgehead atoms. The van der Waals surface area contributed by atoms with Gasteiger partial charge in [0.2, 0.25) is 5.82 Å². The Morgan fingerprint density at radius 3 is 2.69 bits per heavy atom. The van der Waals surface area contributed by atoms with Gasteiger partial charge in [-0.2, -0.15) is 4.98 Å². The zero-order valence-corrected chi connectivity index (χ0v) is 8.71. The Kier molecular flexibility index (Phi) is 3.13. The van der Waals surface area contributed by atoms with Crippen molar-refractivity contribution in [1.29, 1.82) is 0 Å². The zero-order chi connectivity index (χ0) is 11.4. The van der Waals surface area contributed by atoms with Crippen LogP contribution < -0.4 is 10.6 Å². The van der Waals surface area contributed by atoms with Crippen molar-refractivity contribution >= 4 is 0 Å². The Morgan fingerprint density at radius 2 is 2.06 bits per heavy atom. The number of benzene rings is 1. The monoisotopic (exact) mass is 221 g/mol. The van der Waals surface area contributed by atoms with E-state index >= 15 is 0 Å². The van der Waals surface area contributed by atoms with Crippen LogP contribution in [-0.4, -0.2) is 17.3 Å². The molecule has 0 aliphatic rings. The first kappa shape index (κ1) is 10.6.